The van der Waals surface area contributed by atoms with Gasteiger partial charge in [-0.05, 0) is 6.07 Å². The van der Waals surface area contributed by atoms with Crippen LogP contribution in [-0.2, 0) is 9.59 Å². The Morgan fingerprint density at radius 3 is 2.32 bits per heavy atom. The molecule has 0 radical (unpaired) electrons. The van der Waals surface area contributed by atoms with E-state index in [1.165, 1.54) is 17.4 Å². The molecule has 19 heavy (non-hydrogen) atoms. The van der Waals surface area contributed by atoms with Crippen LogP contribution in [0.5, 0.6) is 0 Å². The van der Waals surface area contributed by atoms with Crippen molar-refractivity contribution in [1.82, 2.24) is 5.32 Å². The molecule has 0 bridgehead atoms. The lowest BCUT2D eigenvalue weighted by molar-refractivity contribution is -0.306. The van der Waals surface area contributed by atoms with Crippen molar-refractivity contribution in [2.45, 2.75) is 18.6 Å². The minimum Gasteiger partial charge on any atom is -0.550 e. The van der Waals surface area contributed by atoms with Crippen molar-refractivity contribution < 1.29 is 32.3 Å². The second kappa shape index (κ2) is 5.68. The summed E-state index contributed by atoms with van der Waals surface area (Å²) in [5.74, 6) is -4.98. The van der Waals surface area contributed by atoms with E-state index in [0.717, 1.165) is 12.1 Å². The van der Waals surface area contributed by atoms with E-state index in [-0.39, 0.29) is 5.56 Å². The second-order valence-corrected chi connectivity index (χ2v) is 3.62. The summed E-state index contributed by atoms with van der Waals surface area (Å²) in [5, 5.41) is 11.9. The van der Waals surface area contributed by atoms with Crippen LogP contribution in [0.15, 0.2) is 24.3 Å². The molecule has 1 aromatic carbocycles. The number of amides is 1. The largest absolute Gasteiger partial charge is 0.550 e. The fourth-order valence-corrected chi connectivity index (χ4v) is 1.40. The highest BCUT2D eigenvalue weighted by Gasteiger charge is 2.40. The van der Waals surface area contributed by atoms with Crippen molar-refractivity contribution in [3.63, 3.8) is 0 Å². The van der Waals surface area contributed by atoms with Crippen LogP contribution in [0, 0.1) is 5.82 Å². The molecule has 0 saturated carbocycles. The van der Waals surface area contributed by atoms with Crippen molar-refractivity contribution >= 4 is 11.9 Å². The lowest BCUT2D eigenvalue weighted by Gasteiger charge is -2.20. The van der Waals surface area contributed by atoms with Crippen LogP contribution >= 0.6 is 0 Å². The molecule has 0 aromatic heterocycles. The lowest BCUT2D eigenvalue weighted by atomic mass is 10.0. The summed E-state index contributed by atoms with van der Waals surface area (Å²) >= 11 is 0. The molecule has 0 fully saturated rings. The molecule has 0 saturated heterocycles. The van der Waals surface area contributed by atoms with Gasteiger partial charge in [-0.3, -0.25) is 4.79 Å². The van der Waals surface area contributed by atoms with E-state index >= 15 is 0 Å². The summed E-state index contributed by atoms with van der Waals surface area (Å²) in [6, 6.07) is 2.96. The van der Waals surface area contributed by atoms with E-state index in [0.29, 0.717) is 0 Å². The van der Waals surface area contributed by atoms with Gasteiger partial charge in [0.05, 0.1) is 6.04 Å². The minimum atomic E-state index is -5.19. The predicted molar refractivity (Wildman–Crippen MR) is 53.0 cm³/mol. The van der Waals surface area contributed by atoms with Gasteiger partial charge in [-0.2, -0.15) is 13.2 Å². The van der Waals surface area contributed by atoms with Crippen LogP contribution in [0.1, 0.15) is 18.0 Å². The molecule has 0 unspecified atom stereocenters. The van der Waals surface area contributed by atoms with Crippen molar-refractivity contribution in [3.05, 3.63) is 35.6 Å². The van der Waals surface area contributed by atoms with Gasteiger partial charge in [0.25, 0.3) is 0 Å². The Bertz CT molecular complexity index is 487. The average molecular weight is 278 g/mol. The number of carbonyl (C=O) groups is 2. The second-order valence-electron chi connectivity index (χ2n) is 3.62. The molecule has 8 heteroatoms. The van der Waals surface area contributed by atoms with E-state index < -0.39 is 36.3 Å². The maximum Gasteiger partial charge on any atom is 0.471 e. The van der Waals surface area contributed by atoms with Gasteiger partial charge in [0.2, 0.25) is 0 Å². The quantitative estimate of drug-likeness (QED) is 0.824. The van der Waals surface area contributed by atoms with Gasteiger partial charge in [-0.1, -0.05) is 18.2 Å². The van der Waals surface area contributed by atoms with Gasteiger partial charge < -0.3 is 15.2 Å². The number of hydrogen-bond acceptors (Lipinski definition) is 3. The van der Waals surface area contributed by atoms with E-state index in [2.05, 4.69) is 0 Å². The highest BCUT2D eigenvalue weighted by molar-refractivity contribution is 5.82. The van der Waals surface area contributed by atoms with Crippen molar-refractivity contribution in [2.75, 3.05) is 0 Å². The number of hydrogen-bond donors (Lipinski definition) is 1. The molecule has 4 nitrogen and oxygen atoms in total. The zero-order valence-corrected chi connectivity index (χ0v) is 9.33. The number of aliphatic carboxylic acids is 1. The standard InChI is InChI=1S/C11H9F4NO3/c12-7-4-2-1-3-6(7)8(5-9(17)18)16-10(19)11(13,14)15/h1-4,8H,5H2,(H,16,19)(H,17,18)/p-1/t8-/m1/s1. The van der Waals surface area contributed by atoms with E-state index in [9.17, 15) is 32.3 Å². The van der Waals surface area contributed by atoms with Crippen molar-refractivity contribution in [1.29, 1.82) is 0 Å². The number of halogens is 4. The summed E-state index contributed by atoms with van der Waals surface area (Å²) < 4.78 is 49.7. The number of alkyl halides is 3. The zero-order valence-electron chi connectivity index (χ0n) is 9.33. The third kappa shape index (κ3) is 4.23. The molecule has 1 amide bonds. The lowest BCUT2D eigenvalue weighted by Crippen LogP contribution is -2.41. The van der Waals surface area contributed by atoms with Crippen molar-refractivity contribution in [2.24, 2.45) is 0 Å². The zero-order chi connectivity index (χ0) is 14.6. The molecule has 0 aliphatic heterocycles. The first kappa shape index (κ1) is 14.9. The van der Waals surface area contributed by atoms with Crippen LogP contribution in [0.25, 0.3) is 0 Å². The fraction of sp³-hybridized carbons (Fsp3) is 0.273. The van der Waals surface area contributed by atoms with E-state index in [4.69, 9.17) is 0 Å². The van der Waals surface area contributed by atoms with Crippen LogP contribution in [0.3, 0.4) is 0 Å². The Labute approximate surface area is 105 Å². The molecule has 104 valence electrons. The summed E-state index contributed by atoms with van der Waals surface area (Å²) in [6.45, 7) is 0. The number of nitrogens with one attached hydrogen (secondary N) is 1. The number of rotatable bonds is 4. The Kier molecular flexibility index (Phi) is 4.47. The summed E-state index contributed by atoms with van der Waals surface area (Å²) in [5.41, 5.74) is -0.357. The summed E-state index contributed by atoms with van der Waals surface area (Å²) in [7, 11) is 0. The molecule has 1 atom stereocenters. The Balaban J connectivity index is 3.00. The topological polar surface area (TPSA) is 69.2 Å². The smallest absolute Gasteiger partial charge is 0.471 e. The highest BCUT2D eigenvalue weighted by atomic mass is 19.4. The van der Waals surface area contributed by atoms with Gasteiger partial charge in [-0.15, -0.1) is 0 Å². The van der Waals surface area contributed by atoms with Gasteiger partial charge >= 0.3 is 12.1 Å². The number of carboxylic acids is 1. The molecule has 0 spiro atoms. The van der Waals surface area contributed by atoms with Crippen LogP contribution < -0.4 is 10.4 Å². The summed E-state index contributed by atoms with van der Waals surface area (Å²) in [6.07, 6.45) is -6.15. The monoisotopic (exact) mass is 278 g/mol. The average Bonchev–Trinajstić information content (AvgIpc) is 2.26. The molecule has 1 aromatic rings. The Hall–Kier alpha value is -2.12. The van der Waals surface area contributed by atoms with Crippen LogP contribution in [0.4, 0.5) is 17.6 Å². The van der Waals surface area contributed by atoms with E-state index in [1.54, 1.807) is 0 Å². The maximum absolute atomic E-state index is 13.4. The van der Waals surface area contributed by atoms with Crippen molar-refractivity contribution in [3.8, 4) is 0 Å². The van der Waals surface area contributed by atoms with Crippen LogP contribution in [-0.4, -0.2) is 18.1 Å². The Morgan fingerprint density at radius 1 is 1.26 bits per heavy atom. The molecule has 0 heterocycles. The molecule has 0 aliphatic carbocycles. The predicted octanol–water partition coefficient (Wildman–Crippen LogP) is 0.685. The van der Waals surface area contributed by atoms with Crippen LogP contribution in [0.2, 0.25) is 0 Å². The number of carbonyl (C=O) groups excluding carboxylic acids is 2. The molecular formula is C11H8F4NO3-. The maximum atomic E-state index is 13.4. The van der Waals surface area contributed by atoms with Gasteiger partial charge in [0.1, 0.15) is 5.82 Å². The van der Waals surface area contributed by atoms with Gasteiger partial charge in [0, 0.05) is 18.0 Å². The third-order valence-corrected chi connectivity index (χ3v) is 2.21. The molecule has 1 N–H and O–H groups in total. The third-order valence-electron chi connectivity index (χ3n) is 2.21. The summed E-state index contributed by atoms with van der Waals surface area (Å²) in [4.78, 5) is 21.2. The number of benzene rings is 1. The molecule has 0 aliphatic rings. The highest BCUT2D eigenvalue weighted by Crippen LogP contribution is 2.22. The normalized spacial score (nSPS) is 12.8. The van der Waals surface area contributed by atoms with Gasteiger partial charge in [-0.25, -0.2) is 4.39 Å². The number of carboxylic acid groups (broad SMARTS) is 1. The Morgan fingerprint density at radius 2 is 1.84 bits per heavy atom. The molecule has 1 rings (SSSR count). The first-order chi connectivity index (χ1) is 8.71. The first-order valence-electron chi connectivity index (χ1n) is 5.03. The minimum absolute atomic E-state index is 0.357. The molecular weight excluding hydrogens is 270 g/mol. The van der Waals surface area contributed by atoms with Gasteiger partial charge in [0.15, 0.2) is 0 Å². The SMILES string of the molecule is O=C([O-])C[C@@H](NC(=O)C(F)(F)F)c1ccccc1F. The first-order valence-corrected chi connectivity index (χ1v) is 5.03. The van der Waals surface area contributed by atoms with E-state index in [1.807, 2.05) is 0 Å². The fourth-order valence-electron chi connectivity index (χ4n) is 1.40.